The normalized spacial score (nSPS) is 26.3. The minimum atomic E-state index is 0.710. The average Bonchev–Trinajstić information content (AvgIpc) is 2.58. The molecular weight excluding hydrogens is 172 g/mol. The third-order valence-corrected chi connectivity index (χ3v) is 3.13. The van der Waals surface area contributed by atoms with Crippen LogP contribution in [-0.2, 0) is 0 Å². The molecule has 80 valence electrons. The van der Waals surface area contributed by atoms with Crippen molar-refractivity contribution >= 4 is 0 Å². The van der Waals surface area contributed by atoms with Crippen molar-refractivity contribution in [3.8, 4) is 6.07 Å². The average molecular weight is 194 g/mol. The topological polar surface area (TPSA) is 35.8 Å². The van der Waals surface area contributed by atoms with Gasteiger partial charge < -0.3 is 5.32 Å². The number of nitriles is 1. The highest BCUT2D eigenvalue weighted by atomic mass is 14.9. The van der Waals surface area contributed by atoms with Gasteiger partial charge in [-0.1, -0.05) is 13.3 Å². The summed E-state index contributed by atoms with van der Waals surface area (Å²) in [4.78, 5) is 0. The van der Waals surface area contributed by atoms with E-state index in [1.54, 1.807) is 0 Å². The van der Waals surface area contributed by atoms with Crippen LogP contribution >= 0.6 is 0 Å². The molecule has 0 saturated heterocycles. The van der Waals surface area contributed by atoms with Gasteiger partial charge in [0.05, 0.1) is 6.07 Å². The maximum Gasteiger partial charge on any atom is 0.0621 e. The SMILES string of the molecule is CC1CCC(CNCCCCC#N)C1. The largest absolute Gasteiger partial charge is 0.316 e. The molecule has 1 N–H and O–H groups in total. The molecule has 2 atom stereocenters. The first-order valence-corrected chi connectivity index (χ1v) is 5.90. The molecule has 0 spiro atoms. The van der Waals surface area contributed by atoms with E-state index in [0.717, 1.165) is 31.2 Å². The number of rotatable bonds is 6. The first-order chi connectivity index (χ1) is 6.83. The summed E-state index contributed by atoms with van der Waals surface area (Å²) in [7, 11) is 0. The summed E-state index contributed by atoms with van der Waals surface area (Å²) in [5.41, 5.74) is 0. The van der Waals surface area contributed by atoms with Crippen LogP contribution in [0.3, 0.4) is 0 Å². The Kier molecular flexibility index (Phi) is 5.63. The van der Waals surface area contributed by atoms with Crippen LogP contribution in [0.1, 0.15) is 45.4 Å². The molecular formula is C12H22N2. The van der Waals surface area contributed by atoms with Gasteiger partial charge in [-0.05, 0) is 50.6 Å². The minimum Gasteiger partial charge on any atom is -0.316 e. The zero-order chi connectivity index (χ0) is 10.2. The van der Waals surface area contributed by atoms with E-state index in [2.05, 4.69) is 18.3 Å². The molecule has 0 radical (unpaired) electrons. The Morgan fingerprint density at radius 1 is 1.36 bits per heavy atom. The van der Waals surface area contributed by atoms with Crippen LogP contribution in [-0.4, -0.2) is 13.1 Å². The lowest BCUT2D eigenvalue weighted by molar-refractivity contribution is 0.466. The summed E-state index contributed by atoms with van der Waals surface area (Å²) in [6, 6.07) is 2.18. The third kappa shape index (κ3) is 4.62. The number of hydrogen-bond acceptors (Lipinski definition) is 2. The second kappa shape index (κ2) is 6.84. The zero-order valence-corrected chi connectivity index (χ0v) is 9.26. The van der Waals surface area contributed by atoms with Gasteiger partial charge in [0, 0.05) is 6.42 Å². The first-order valence-electron chi connectivity index (χ1n) is 5.90. The molecule has 2 unspecified atom stereocenters. The van der Waals surface area contributed by atoms with Gasteiger partial charge in [0.25, 0.3) is 0 Å². The smallest absolute Gasteiger partial charge is 0.0621 e. The van der Waals surface area contributed by atoms with Crippen molar-refractivity contribution in [2.24, 2.45) is 11.8 Å². The van der Waals surface area contributed by atoms with Gasteiger partial charge >= 0.3 is 0 Å². The van der Waals surface area contributed by atoms with E-state index >= 15 is 0 Å². The van der Waals surface area contributed by atoms with Gasteiger partial charge in [0.1, 0.15) is 0 Å². The van der Waals surface area contributed by atoms with Crippen LogP contribution in [0.15, 0.2) is 0 Å². The second-order valence-corrected chi connectivity index (χ2v) is 4.60. The van der Waals surface area contributed by atoms with Crippen molar-refractivity contribution in [2.75, 3.05) is 13.1 Å². The molecule has 0 bridgehead atoms. The van der Waals surface area contributed by atoms with E-state index in [9.17, 15) is 0 Å². The van der Waals surface area contributed by atoms with Crippen LogP contribution in [0.25, 0.3) is 0 Å². The molecule has 0 aromatic heterocycles. The highest BCUT2D eigenvalue weighted by Crippen LogP contribution is 2.29. The van der Waals surface area contributed by atoms with E-state index in [-0.39, 0.29) is 0 Å². The van der Waals surface area contributed by atoms with Crippen LogP contribution < -0.4 is 5.32 Å². The Morgan fingerprint density at radius 2 is 2.21 bits per heavy atom. The summed E-state index contributed by atoms with van der Waals surface area (Å²) in [6.45, 7) is 4.64. The van der Waals surface area contributed by atoms with E-state index in [4.69, 9.17) is 5.26 Å². The van der Waals surface area contributed by atoms with Crippen molar-refractivity contribution in [1.82, 2.24) is 5.32 Å². The van der Waals surface area contributed by atoms with Crippen molar-refractivity contribution in [3.63, 3.8) is 0 Å². The molecule has 0 aromatic rings. The molecule has 0 amide bonds. The van der Waals surface area contributed by atoms with E-state index in [1.807, 2.05) is 0 Å². The van der Waals surface area contributed by atoms with E-state index in [0.29, 0.717) is 6.42 Å². The summed E-state index contributed by atoms with van der Waals surface area (Å²) in [5.74, 6) is 1.86. The number of nitrogens with zero attached hydrogens (tertiary/aromatic N) is 1. The standard InChI is InChI=1S/C12H22N2/c1-11-5-6-12(9-11)10-14-8-4-2-3-7-13/h11-12,14H,2-6,8-10H2,1H3. The summed E-state index contributed by atoms with van der Waals surface area (Å²) >= 11 is 0. The molecule has 1 rings (SSSR count). The molecule has 0 aliphatic heterocycles. The monoisotopic (exact) mass is 194 g/mol. The van der Waals surface area contributed by atoms with Crippen molar-refractivity contribution < 1.29 is 0 Å². The van der Waals surface area contributed by atoms with Gasteiger partial charge in [-0.25, -0.2) is 0 Å². The lowest BCUT2D eigenvalue weighted by Crippen LogP contribution is -2.22. The fraction of sp³-hybridized carbons (Fsp3) is 0.917. The van der Waals surface area contributed by atoms with Crippen LogP contribution in [0.2, 0.25) is 0 Å². The third-order valence-electron chi connectivity index (χ3n) is 3.13. The predicted molar refractivity (Wildman–Crippen MR) is 58.8 cm³/mol. The van der Waals surface area contributed by atoms with Gasteiger partial charge in [-0.2, -0.15) is 5.26 Å². The van der Waals surface area contributed by atoms with Crippen LogP contribution in [0.4, 0.5) is 0 Å². The quantitative estimate of drug-likeness (QED) is 0.660. The summed E-state index contributed by atoms with van der Waals surface area (Å²) in [5, 5.41) is 11.9. The Hall–Kier alpha value is -0.550. The van der Waals surface area contributed by atoms with Gasteiger partial charge in [-0.3, -0.25) is 0 Å². The summed E-state index contributed by atoms with van der Waals surface area (Å²) < 4.78 is 0. The fourth-order valence-electron chi connectivity index (χ4n) is 2.27. The molecule has 1 aliphatic carbocycles. The van der Waals surface area contributed by atoms with Gasteiger partial charge in [0.2, 0.25) is 0 Å². The molecule has 1 aliphatic rings. The number of hydrogen-bond donors (Lipinski definition) is 1. The molecule has 2 nitrogen and oxygen atoms in total. The Balaban J connectivity index is 1.87. The van der Waals surface area contributed by atoms with Crippen molar-refractivity contribution in [1.29, 1.82) is 5.26 Å². The van der Waals surface area contributed by atoms with Gasteiger partial charge in [0.15, 0.2) is 0 Å². The lowest BCUT2D eigenvalue weighted by atomic mass is 10.1. The minimum absolute atomic E-state index is 0.710. The first kappa shape index (κ1) is 11.5. The lowest BCUT2D eigenvalue weighted by Gasteiger charge is -2.10. The molecule has 2 heteroatoms. The predicted octanol–water partition coefficient (Wildman–Crippen LogP) is 2.71. The maximum atomic E-state index is 8.35. The van der Waals surface area contributed by atoms with Crippen LogP contribution in [0.5, 0.6) is 0 Å². The Morgan fingerprint density at radius 3 is 2.86 bits per heavy atom. The van der Waals surface area contributed by atoms with E-state index < -0.39 is 0 Å². The number of nitrogens with one attached hydrogen (secondary N) is 1. The second-order valence-electron chi connectivity index (χ2n) is 4.60. The molecule has 14 heavy (non-hydrogen) atoms. The molecule has 0 aromatic carbocycles. The zero-order valence-electron chi connectivity index (χ0n) is 9.26. The fourth-order valence-corrected chi connectivity index (χ4v) is 2.27. The Bertz CT molecular complexity index is 183. The molecule has 1 saturated carbocycles. The summed E-state index contributed by atoms with van der Waals surface area (Å²) in [6.07, 6.45) is 7.14. The Labute approximate surface area is 87.7 Å². The van der Waals surface area contributed by atoms with E-state index in [1.165, 1.54) is 25.8 Å². The number of unbranched alkanes of at least 4 members (excludes halogenated alkanes) is 2. The van der Waals surface area contributed by atoms with Crippen molar-refractivity contribution in [3.05, 3.63) is 0 Å². The van der Waals surface area contributed by atoms with Gasteiger partial charge in [-0.15, -0.1) is 0 Å². The maximum absolute atomic E-state index is 8.35. The molecule has 0 heterocycles. The molecule has 1 fully saturated rings. The highest BCUT2D eigenvalue weighted by Gasteiger charge is 2.20. The highest BCUT2D eigenvalue weighted by molar-refractivity contribution is 4.74. The van der Waals surface area contributed by atoms with Crippen molar-refractivity contribution in [2.45, 2.75) is 45.4 Å². The van der Waals surface area contributed by atoms with Crippen LogP contribution in [0, 0.1) is 23.2 Å².